The van der Waals surface area contributed by atoms with Crippen LogP contribution in [0.2, 0.25) is 0 Å². The first-order valence-corrected chi connectivity index (χ1v) is 12.5. The van der Waals surface area contributed by atoms with Gasteiger partial charge >= 0.3 is 0 Å². The summed E-state index contributed by atoms with van der Waals surface area (Å²) in [7, 11) is 0. The third-order valence-corrected chi connectivity index (χ3v) is 6.34. The Kier molecular flexibility index (Phi) is 8.75. The van der Waals surface area contributed by atoms with E-state index in [0.717, 1.165) is 5.56 Å². The molecule has 1 aromatic heterocycles. The number of nitriles is 1. The highest BCUT2D eigenvalue weighted by Crippen LogP contribution is 2.36. The minimum atomic E-state index is -1.20. The van der Waals surface area contributed by atoms with Gasteiger partial charge in [0.05, 0.1) is 0 Å². The largest absolute Gasteiger partial charge is 0.421 e. The molecule has 3 rings (SSSR count). The van der Waals surface area contributed by atoms with Gasteiger partial charge in [0.25, 0.3) is 0 Å². The fourth-order valence-corrected chi connectivity index (χ4v) is 4.17. The summed E-state index contributed by atoms with van der Waals surface area (Å²) < 4.78 is 6.19. The quantitative estimate of drug-likeness (QED) is 0.579. The third kappa shape index (κ3) is 6.64. The second-order valence-electron chi connectivity index (χ2n) is 10.8. The predicted octanol–water partition coefficient (Wildman–Crippen LogP) is 3.44. The number of carbonyl (C=O) groups is 2. The molecule has 0 fully saturated rings. The summed E-state index contributed by atoms with van der Waals surface area (Å²) in [6.07, 6.45) is 0.551. The molecule has 0 saturated heterocycles. The van der Waals surface area contributed by atoms with Crippen molar-refractivity contribution >= 4 is 17.7 Å². The minimum Gasteiger partial charge on any atom is -0.421 e. The van der Waals surface area contributed by atoms with Gasteiger partial charge in [0.2, 0.25) is 29.3 Å². The van der Waals surface area contributed by atoms with Gasteiger partial charge in [0.15, 0.2) is 0 Å². The molecule has 2 heterocycles. The van der Waals surface area contributed by atoms with Crippen LogP contribution in [0.4, 0.5) is 5.88 Å². The third-order valence-electron chi connectivity index (χ3n) is 6.34. The Morgan fingerprint density at radius 1 is 1.31 bits per heavy atom. The standard InChI is InChI=1S/C27H37N5O4/c1-17(2)21(33)24(35)29-19-13-9-10-14-32(16-18-11-7-6-8-12-18)26-20(15-28)30-25(36-26)22(27(3,4)5)31-23(19)34/h6-8,11-12,17,19,21-22,33H,9-10,13-14,16H2,1-5H3,(H,29,35)(H,31,34)/t19-,21-,22+/m0/s1. The van der Waals surface area contributed by atoms with E-state index in [1.165, 1.54) is 0 Å². The number of anilines is 1. The van der Waals surface area contributed by atoms with Gasteiger partial charge in [-0.1, -0.05) is 65.0 Å². The average Bonchev–Trinajstić information content (AvgIpc) is 3.25. The summed E-state index contributed by atoms with van der Waals surface area (Å²) in [6.45, 7) is 10.4. The number of amides is 2. The van der Waals surface area contributed by atoms with Crippen molar-refractivity contribution in [3.05, 3.63) is 47.5 Å². The number of hydrogen-bond donors (Lipinski definition) is 3. The Labute approximate surface area is 212 Å². The molecule has 3 N–H and O–H groups in total. The number of rotatable bonds is 5. The van der Waals surface area contributed by atoms with E-state index in [0.29, 0.717) is 38.2 Å². The number of aliphatic hydroxyl groups excluding tert-OH is 1. The lowest BCUT2D eigenvalue weighted by molar-refractivity contribution is -0.136. The van der Waals surface area contributed by atoms with Crippen LogP contribution in [-0.4, -0.2) is 40.6 Å². The van der Waals surface area contributed by atoms with E-state index in [9.17, 15) is 20.0 Å². The maximum absolute atomic E-state index is 13.3. The molecule has 1 aromatic carbocycles. The van der Waals surface area contributed by atoms with Crippen molar-refractivity contribution < 1.29 is 19.1 Å². The molecule has 2 bridgehead atoms. The fourth-order valence-electron chi connectivity index (χ4n) is 4.17. The number of hydrogen-bond acceptors (Lipinski definition) is 7. The van der Waals surface area contributed by atoms with Crippen LogP contribution in [0.25, 0.3) is 0 Å². The maximum atomic E-state index is 13.3. The monoisotopic (exact) mass is 495 g/mol. The lowest BCUT2D eigenvalue weighted by Crippen LogP contribution is -2.52. The Bertz CT molecular complexity index is 1080. The fraction of sp³-hybridized carbons (Fsp3) is 0.556. The molecule has 2 amide bonds. The van der Waals surface area contributed by atoms with Crippen molar-refractivity contribution in [3.8, 4) is 6.07 Å². The van der Waals surface area contributed by atoms with Gasteiger partial charge in [-0.3, -0.25) is 9.59 Å². The number of aromatic nitrogens is 1. The summed E-state index contributed by atoms with van der Waals surface area (Å²) >= 11 is 0. The molecule has 0 spiro atoms. The van der Waals surface area contributed by atoms with Crippen LogP contribution >= 0.6 is 0 Å². The maximum Gasteiger partial charge on any atom is 0.249 e. The van der Waals surface area contributed by atoms with Crippen molar-refractivity contribution in [1.29, 1.82) is 5.26 Å². The van der Waals surface area contributed by atoms with Gasteiger partial charge in [-0.05, 0) is 36.2 Å². The van der Waals surface area contributed by atoms with Crippen LogP contribution in [0.1, 0.15) is 77.1 Å². The zero-order valence-electron chi connectivity index (χ0n) is 21.7. The van der Waals surface area contributed by atoms with Crippen LogP contribution in [0, 0.1) is 22.7 Å². The van der Waals surface area contributed by atoms with Crippen LogP contribution < -0.4 is 15.5 Å². The van der Waals surface area contributed by atoms with Crippen LogP contribution in [0.15, 0.2) is 34.7 Å². The normalized spacial score (nSPS) is 20.1. The summed E-state index contributed by atoms with van der Waals surface area (Å²) in [5.41, 5.74) is 0.749. The first kappa shape index (κ1) is 27.2. The van der Waals surface area contributed by atoms with E-state index in [4.69, 9.17) is 4.42 Å². The molecule has 194 valence electrons. The second-order valence-corrected chi connectivity index (χ2v) is 10.8. The Balaban J connectivity index is 1.97. The molecule has 9 heteroatoms. The Morgan fingerprint density at radius 2 is 2.00 bits per heavy atom. The lowest BCUT2D eigenvalue weighted by Gasteiger charge is -2.31. The van der Waals surface area contributed by atoms with Crippen molar-refractivity contribution in [3.63, 3.8) is 0 Å². The molecule has 0 saturated carbocycles. The Morgan fingerprint density at radius 3 is 2.61 bits per heavy atom. The van der Waals surface area contributed by atoms with Gasteiger partial charge in [0.1, 0.15) is 24.3 Å². The Hall–Kier alpha value is -3.38. The van der Waals surface area contributed by atoms with Crippen LogP contribution in [-0.2, 0) is 16.1 Å². The molecule has 1 aliphatic heterocycles. The van der Waals surface area contributed by atoms with Crippen molar-refractivity contribution in [2.75, 3.05) is 11.4 Å². The molecule has 3 atom stereocenters. The molecule has 36 heavy (non-hydrogen) atoms. The van der Waals surface area contributed by atoms with E-state index >= 15 is 0 Å². The van der Waals surface area contributed by atoms with Crippen LogP contribution in [0.5, 0.6) is 0 Å². The first-order chi connectivity index (χ1) is 17.0. The van der Waals surface area contributed by atoms with Gasteiger partial charge < -0.3 is 25.1 Å². The molecule has 0 radical (unpaired) electrons. The SMILES string of the molecule is CC(C)[C@H](O)C(=O)N[C@H]1CCCCN(Cc2ccccc2)c2oc(nc2C#N)[C@H](C(C)(C)C)NC1=O. The molecule has 9 nitrogen and oxygen atoms in total. The van der Waals surface area contributed by atoms with Crippen molar-refractivity contribution in [1.82, 2.24) is 15.6 Å². The van der Waals surface area contributed by atoms with Crippen LogP contribution in [0.3, 0.4) is 0 Å². The number of benzene rings is 1. The predicted molar refractivity (Wildman–Crippen MR) is 136 cm³/mol. The lowest BCUT2D eigenvalue weighted by atomic mass is 9.86. The molecule has 0 unspecified atom stereocenters. The van der Waals surface area contributed by atoms with E-state index in [2.05, 4.69) is 21.7 Å². The van der Waals surface area contributed by atoms with Gasteiger partial charge in [0, 0.05) is 13.1 Å². The van der Waals surface area contributed by atoms with Gasteiger partial charge in [-0.25, -0.2) is 0 Å². The van der Waals surface area contributed by atoms with E-state index in [1.807, 2.05) is 56.0 Å². The highest BCUT2D eigenvalue weighted by molar-refractivity contribution is 5.89. The highest BCUT2D eigenvalue weighted by atomic mass is 16.4. The summed E-state index contributed by atoms with van der Waals surface area (Å²) in [5.74, 6) is -0.582. The summed E-state index contributed by atoms with van der Waals surface area (Å²) in [6, 6.07) is 10.6. The number of nitrogens with zero attached hydrogens (tertiary/aromatic N) is 3. The molecule has 0 aliphatic carbocycles. The smallest absolute Gasteiger partial charge is 0.249 e. The van der Waals surface area contributed by atoms with Crippen molar-refractivity contribution in [2.45, 2.75) is 78.6 Å². The van der Waals surface area contributed by atoms with Gasteiger partial charge in [-0.15, -0.1) is 0 Å². The van der Waals surface area contributed by atoms with E-state index in [-0.39, 0.29) is 23.4 Å². The average molecular weight is 496 g/mol. The first-order valence-electron chi connectivity index (χ1n) is 12.5. The molecule has 2 aromatic rings. The number of carbonyl (C=O) groups excluding carboxylic acids is 2. The number of nitrogens with one attached hydrogen (secondary N) is 2. The summed E-state index contributed by atoms with van der Waals surface area (Å²) in [4.78, 5) is 32.4. The zero-order chi connectivity index (χ0) is 26.5. The molecular formula is C27H37N5O4. The van der Waals surface area contributed by atoms with E-state index in [1.54, 1.807) is 13.8 Å². The summed E-state index contributed by atoms with van der Waals surface area (Å²) in [5, 5.41) is 25.7. The van der Waals surface area contributed by atoms with E-state index < -0.39 is 29.5 Å². The number of fused-ring (bicyclic) bond motifs is 2. The number of aliphatic hydroxyl groups is 1. The number of oxazole rings is 1. The van der Waals surface area contributed by atoms with Gasteiger partial charge in [-0.2, -0.15) is 10.2 Å². The highest BCUT2D eigenvalue weighted by Gasteiger charge is 2.37. The minimum absolute atomic E-state index is 0.175. The second kappa shape index (κ2) is 11.6. The topological polar surface area (TPSA) is 131 Å². The molecule has 1 aliphatic rings. The zero-order valence-corrected chi connectivity index (χ0v) is 21.7. The van der Waals surface area contributed by atoms with Crippen molar-refractivity contribution in [2.24, 2.45) is 11.3 Å². The molecular weight excluding hydrogens is 458 g/mol.